The van der Waals surface area contributed by atoms with Crippen LogP contribution in [0.4, 0.5) is 4.39 Å². The van der Waals surface area contributed by atoms with E-state index in [0.717, 1.165) is 17.5 Å². The Bertz CT molecular complexity index is 1130. The third-order valence-corrected chi connectivity index (χ3v) is 5.38. The Balaban J connectivity index is 1.57. The first-order valence-corrected chi connectivity index (χ1v) is 10.1. The third kappa shape index (κ3) is 4.45. The van der Waals surface area contributed by atoms with Gasteiger partial charge in [-0.1, -0.05) is 25.1 Å². The van der Waals surface area contributed by atoms with E-state index in [9.17, 15) is 9.50 Å². The maximum atomic E-state index is 14.6. The van der Waals surface area contributed by atoms with Gasteiger partial charge < -0.3 is 9.84 Å². The molecule has 0 spiro atoms. The van der Waals surface area contributed by atoms with Crippen LogP contribution in [0.3, 0.4) is 0 Å². The highest BCUT2D eigenvalue weighted by molar-refractivity contribution is 5.74. The van der Waals surface area contributed by atoms with Crippen LogP contribution in [0.1, 0.15) is 25.6 Å². The molecule has 0 saturated carbocycles. The van der Waals surface area contributed by atoms with Gasteiger partial charge in [0.05, 0.1) is 13.3 Å². The smallest absolute Gasteiger partial charge is 0.213 e. The number of pyridine rings is 1. The topological polar surface area (TPSA) is 81.0 Å². The normalized spacial score (nSPS) is 19.5. The van der Waals surface area contributed by atoms with E-state index in [4.69, 9.17) is 4.74 Å². The molecule has 0 fully saturated rings. The lowest BCUT2D eigenvalue weighted by Gasteiger charge is -2.22. The van der Waals surface area contributed by atoms with Gasteiger partial charge in [-0.15, -0.1) is 10.2 Å². The van der Waals surface area contributed by atoms with E-state index in [2.05, 4.69) is 20.2 Å². The highest BCUT2D eigenvalue weighted by Gasteiger charge is 2.24. The summed E-state index contributed by atoms with van der Waals surface area (Å²) in [5.41, 5.74) is 3.29. The van der Waals surface area contributed by atoms with E-state index in [-0.39, 0.29) is 11.7 Å². The Hall–Kier alpha value is -3.61. The molecular weight excluding hydrogens is 395 g/mol. The molecule has 158 valence electrons. The zero-order valence-corrected chi connectivity index (χ0v) is 17.4. The zero-order chi connectivity index (χ0) is 21.8. The molecule has 0 aliphatic heterocycles. The number of phenolic OH excluding ortho intramolecular Hbond substituents is 1. The van der Waals surface area contributed by atoms with Crippen LogP contribution in [-0.2, 0) is 0 Å². The summed E-state index contributed by atoms with van der Waals surface area (Å²) >= 11 is 0. The van der Waals surface area contributed by atoms with Gasteiger partial charge in [-0.05, 0) is 53.8 Å². The second-order valence-corrected chi connectivity index (χ2v) is 7.35. The van der Waals surface area contributed by atoms with E-state index in [1.165, 1.54) is 6.20 Å². The van der Waals surface area contributed by atoms with Crippen LogP contribution in [0.5, 0.6) is 11.6 Å². The van der Waals surface area contributed by atoms with Crippen molar-refractivity contribution < 1.29 is 14.2 Å². The zero-order valence-electron chi connectivity index (χ0n) is 17.4. The van der Waals surface area contributed by atoms with Crippen LogP contribution >= 0.6 is 0 Å². The van der Waals surface area contributed by atoms with Crippen molar-refractivity contribution in [2.45, 2.75) is 25.9 Å². The molecular formula is C24H23FN4O2. The second-order valence-electron chi connectivity index (χ2n) is 7.35. The minimum atomic E-state index is -1.03. The summed E-state index contributed by atoms with van der Waals surface area (Å²) in [5, 5.41) is 18.8. The van der Waals surface area contributed by atoms with Crippen LogP contribution in [0.25, 0.3) is 28.5 Å². The summed E-state index contributed by atoms with van der Waals surface area (Å²) in [6, 6.07) is 8.90. The third-order valence-electron chi connectivity index (χ3n) is 5.38. The number of aromatic hydroxyl groups is 1. The first-order valence-electron chi connectivity index (χ1n) is 10.1. The van der Waals surface area contributed by atoms with Crippen molar-refractivity contribution in [1.82, 2.24) is 20.2 Å². The molecule has 0 bridgehead atoms. The molecule has 31 heavy (non-hydrogen) atoms. The Morgan fingerprint density at radius 3 is 2.71 bits per heavy atom. The highest BCUT2D eigenvalue weighted by Crippen LogP contribution is 2.33. The van der Waals surface area contributed by atoms with E-state index in [0.29, 0.717) is 35.0 Å². The largest absolute Gasteiger partial charge is 0.507 e. The first-order chi connectivity index (χ1) is 15.1. The molecule has 0 amide bonds. The van der Waals surface area contributed by atoms with Gasteiger partial charge >= 0.3 is 0 Å². The molecule has 0 radical (unpaired) electrons. The number of rotatable bonds is 5. The molecule has 3 aromatic rings. The van der Waals surface area contributed by atoms with Gasteiger partial charge in [0.15, 0.2) is 5.82 Å². The number of halogens is 1. The van der Waals surface area contributed by atoms with Crippen LogP contribution < -0.4 is 4.74 Å². The van der Waals surface area contributed by atoms with Gasteiger partial charge in [-0.25, -0.2) is 14.4 Å². The molecule has 7 heteroatoms. The van der Waals surface area contributed by atoms with Gasteiger partial charge in [0.2, 0.25) is 5.88 Å². The van der Waals surface area contributed by atoms with Crippen LogP contribution in [0.15, 0.2) is 60.5 Å². The molecule has 1 aliphatic carbocycles. The van der Waals surface area contributed by atoms with Crippen molar-refractivity contribution in [1.29, 1.82) is 0 Å². The van der Waals surface area contributed by atoms with Gasteiger partial charge in [0, 0.05) is 23.7 Å². The monoisotopic (exact) mass is 418 g/mol. The summed E-state index contributed by atoms with van der Waals surface area (Å²) in [6.45, 7) is 1.97. The molecule has 1 N–H and O–H groups in total. The first kappa shape index (κ1) is 20.7. The second kappa shape index (κ2) is 9.04. The number of benzene rings is 1. The number of ether oxygens (including phenoxy) is 1. The Morgan fingerprint density at radius 1 is 1.16 bits per heavy atom. The standard InChI is InChI=1S/C24H23FN4O2/c1-3-15-5-4-6-18(24(15)25)12-22-27-14-20(28-29-22)19-8-7-16(11-21(19)30)17-9-10-26-23(13-17)31-2/h4-5,7-15,24,30H,3,6H2,1-2H3/b18-12+/t15-,24-/m0/s1. The molecule has 0 saturated heterocycles. The van der Waals surface area contributed by atoms with Crippen molar-refractivity contribution in [3.8, 4) is 34.0 Å². The Morgan fingerprint density at radius 2 is 2.00 bits per heavy atom. The fourth-order valence-electron chi connectivity index (χ4n) is 3.61. The summed E-state index contributed by atoms with van der Waals surface area (Å²) in [4.78, 5) is 8.39. The molecule has 6 nitrogen and oxygen atoms in total. The molecule has 2 heterocycles. The molecule has 4 rings (SSSR count). The Kier molecular flexibility index (Phi) is 6.02. The highest BCUT2D eigenvalue weighted by atomic mass is 19.1. The number of methoxy groups -OCH3 is 1. The average molecular weight is 418 g/mol. The molecule has 2 atom stereocenters. The lowest BCUT2D eigenvalue weighted by atomic mass is 9.87. The minimum Gasteiger partial charge on any atom is -0.507 e. The molecule has 0 unspecified atom stereocenters. The van der Waals surface area contributed by atoms with Gasteiger partial charge in [-0.2, -0.15) is 0 Å². The van der Waals surface area contributed by atoms with E-state index < -0.39 is 6.17 Å². The molecule has 1 aromatic carbocycles. The minimum absolute atomic E-state index is 0.0579. The van der Waals surface area contributed by atoms with Crippen molar-refractivity contribution in [3.63, 3.8) is 0 Å². The number of phenols is 1. The van der Waals surface area contributed by atoms with Gasteiger partial charge in [0.1, 0.15) is 17.6 Å². The van der Waals surface area contributed by atoms with Crippen LogP contribution in [-0.4, -0.2) is 38.6 Å². The predicted molar refractivity (Wildman–Crippen MR) is 117 cm³/mol. The van der Waals surface area contributed by atoms with Gasteiger partial charge in [0.25, 0.3) is 0 Å². The number of allylic oxidation sites excluding steroid dienone is 3. The maximum Gasteiger partial charge on any atom is 0.213 e. The average Bonchev–Trinajstić information content (AvgIpc) is 2.81. The maximum absolute atomic E-state index is 14.6. The fourth-order valence-corrected chi connectivity index (χ4v) is 3.61. The Labute approximate surface area is 180 Å². The number of hydrogen-bond acceptors (Lipinski definition) is 6. The van der Waals surface area contributed by atoms with E-state index >= 15 is 0 Å². The number of hydrogen-bond donors (Lipinski definition) is 1. The quantitative estimate of drug-likeness (QED) is 0.586. The molecule has 2 aromatic heterocycles. The van der Waals surface area contributed by atoms with E-state index in [1.54, 1.807) is 37.6 Å². The molecule has 1 aliphatic rings. The summed E-state index contributed by atoms with van der Waals surface area (Å²) in [6.07, 6.45) is 9.02. The van der Waals surface area contributed by atoms with Gasteiger partial charge in [-0.3, -0.25) is 0 Å². The SMILES string of the molecule is CC[C@H]1C=CC/C(=C\c2ncc(-c3ccc(-c4ccnc(OC)c4)cc3O)nn2)[C@H]1F. The fraction of sp³-hybridized carbons (Fsp3) is 0.250. The lowest BCUT2D eigenvalue weighted by Crippen LogP contribution is -2.19. The number of aromatic nitrogens is 4. The van der Waals surface area contributed by atoms with Crippen molar-refractivity contribution in [3.05, 3.63) is 66.3 Å². The summed E-state index contributed by atoms with van der Waals surface area (Å²) in [5.74, 6) is 0.798. The number of alkyl halides is 1. The lowest BCUT2D eigenvalue weighted by molar-refractivity contribution is 0.291. The summed E-state index contributed by atoms with van der Waals surface area (Å²) < 4.78 is 19.7. The number of nitrogens with zero attached hydrogens (tertiary/aromatic N) is 4. The van der Waals surface area contributed by atoms with Crippen LogP contribution in [0, 0.1) is 5.92 Å². The van der Waals surface area contributed by atoms with Crippen molar-refractivity contribution in [2.75, 3.05) is 7.11 Å². The summed E-state index contributed by atoms with van der Waals surface area (Å²) in [7, 11) is 1.55. The van der Waals surface area contributed by atoms with E-state index in [1.807, 2.05) is 31.2 Å². The van der Waals surface area contributed by atoms with Crippen LogP contribution in [0.2, 0.25) is 0 Å². The van der Waals surface area contributed by atoms with Crippen molar-refractivity contribution >= 4 is 6.08 Å². The predicted octanol–water partition coefficient (Wildman–Crippen LogP) is 5.02. The van der Waals surface area contributed by atoms with Crippen molar-refractivity contribution in [2.24, 2.45) is 5.92 Å².